The maximum absolute atomic E-state index is 3.29. The Morgan fingerprint density at radius 2 is 0.674 bits per heavy atom. The summed E-state index contributed by atoms with van der Waals surface area (Å²) in [5.74, 6) is 0. The Kier molecular flexibility index (Phi) is 8.55. The third kappa shape index (κ3) is 5.78. The zero-order valence-electron chi connectivity index (χ0n) is 23.3. The number of anilines is 8. The van der Waals surface area contributed by atoms with Crippen molar-refractivity contribution in [2.24, 2.45) is 0 Å². The van der Waals surface area contributed by atoms with Crippen LogP contribution in [0.3, 0.4) is 0 Å². The van der Waals surface area contributed by atoms with Gasteiger partial charge >= 0.3 is 0 Å². The summed E-state index contributed by atoms with van der Waals surface area (Å²) in [4.78, 5) is 8.75. The first-order valence-electron chi connectivity index (χ1n) is 14.0. The van der Waals surface area contributed by atoms with Gasteiger partial charge in [-0.05, 0) is 48.5 Å². The van der Waals surface area contributed by atoms with Crippen molar-refractivity contribution in [2.75, 3.05) is 19.6 Å². The summed E-state index contributed by atoms with van der Waals surface area (Å²) in [5.41, 5.74) is 9.10. The van der Waals surface area contributed by atoms with E-state index in [1.807, 2.05) is 48.5 Å². The Bertz CT molecular complexity index is 1490. The summed E-state index contributed by atoms with van der Waals surface area (Å²) in [5, 5.41) is 0. The van der Waals surface area contributed by atoms with Crippen LogP contribution in [0.1, 0.15) is 0 Å². The van der Waals surface area contributed by atoms with Gasteiger partial charge in [0.1, 0.15) is 0 Å². The van der Waals surface area contributed by atoms with Crippen LogP contribution in [-0.2, 0) is 20.1 Å². The molecule has 0 aliphatic carbocycles. The van der Waals surface area contributed by atoms with Gasteiger partial charge in [-0.1, -0.05) is 60.7 Å². The summed E-state index contributed by atoms with van der Waals surface area (Å²) in [7, 11) is 0. The van der Waals surface area contributed by atoms with E-state index in [-0.39, 0.29) is 20.1 Å². The van der Waals surface area contributed by atoms with E-state index in [2.05, 4.69) is 154 Å². The van der Waals surface area contributed by atoms with Crippen molar-refractivity contribution >= 4 is 45.5 Å². The van der Waals surface area contributed by atoms with E-state index in [0.717, 1.165) is 22.7 Å². The molecule has 6 aromatic rings. The molecule has 0 bridgehead atoms. The number of hydrogen-bond acceptors (Lipinski definition) is 4. The Labute approximate surface area is 267 Å². The molecule has 0 aromatic heterocycles. The Morgan fingerprint density at radius 3 is 1.02 bits per heavy atom. The summed E-state index contributed by atoms with van der Waals surface area (Å²) >= 11 is 0. The van der Waals surface area contributed by atoms with E-state index in [4.69, 9.17) is 0 Å². The average Bonchev–Trinajstić information content (AvgIpc) is 3.67. The van der Waals surface area contributed by atoms with Crippen LogP contribution < -0.4 is 19.6 Å². The molecule has 43 heavy (non-hydrogen) atoms. The van der Waals surface area contributed by atoms with Gasteiger partial charge in [0.25, 0.3) is 0 Å². The van der Waals surface area contributed by atoms with Crippen LogP contribution in [0.2, 0.25) is 0 Å². The average molecular weight is 733 g/mol. The summed E-state index contributed by atoms with van der Waals surface area (Å²) in [6.45, 7) is 4.23. The first-order chi connectivity index (χ1) is 20.9. The van der Waals surface area contributed by atoms with E-state index in [9.17, 15) is 0 Å². The van der Waals surface area contributed by atoms with Crippen molar-refractivity contribution in [1.82, 2.24) is 0 Å². The molecule has 0 amide bonds. The van der Waals surface area contributed by atoms with Gasteiger partial charge in [-0.15, -0.1) is 24.7 Å². The fourth-order valence-corrected chi connectivity index (χ4v) is 5.26. The van der Waals surface area contributed by atoms with E-state index in [0.29, 0.717) is 0 Å². The molecule has 213 valence electrons. The maximum Gasteiger partial charge on any atom is 0.0344 e. The Balaban J connectivity index is 0.000000150. The molecule has 2 aliphatic heterocycles. The van der Waals surface area contributed by atoms with Crippen molar-refractivity contribution in [3.05, 3.63) is 183 Å². The first kappa shape index (κ1) is 28.3. The molecular weight excluding hydrogens is 705 g/mol. The van der Waals surface area contributed by atoms with E-state index < -0.39 is 0 Å². The number of hydrogen-bond donors (Lipinski definition) is 0. The van der Waals surface area contributed by atoms with Gasteiger partial charge in [0, 0.05) is 54.2 Å². The molecule has 0 atom stereocenters. The number of rotatable bonds is 4. The normalized spacial score (nSPS) is 13.0. The number of para-hydroxylation sites is 8. The van der Waals surface area contributed by atoms with Crippen LogP contribution in [0.25, 0.3) is 0 Å². The predicted octanol–water partition coefficient (Wildman–Crippen LogP) is 9.79. The zero-order chi connectivity index (χ0) is 28.1. The van der Waals surface area contributed by atoms with Gasteiger partial charge in [-0.25, -0.2) is 0 Å². The maximum atomic E-state index is 3.29. The van der Waals surface area contributed by atoms with Crippen LogP contribution in [0, 0.1) is 25.5 Å². The smallest absolute Gasteiger partial charge is 0.0344 e. The zero-order valence-corrected chi connectivity index (χ0v) is 25.7. The molecule has 2 aliphatic rings. The Hall–Kier alpha value is -4.83. The van der Waals surface area contributed by atoms with Crippen molar-refractivity contribution in [3.8, 4) is 0 Å². The van der Waals surface area contributed by atoms with Crippen LogP contribution in [0.4, 0.5) is 45.5 Å². The molecule has 2 heterocycles. The largest absolute Gasteiger partial charge is 0.493 e. The second kappa shape index (κ2) is 13.0. The van der Waals surface area contributed by atoms with Gasteiger partial charge in [0.05, 0.1) is 0 Å². The molecule has 0 spiro atoms. The van der Waals surface area contributed by atoms with Gasteiger partial charge in [0.2, 0.25) is 0 Å². The summed E-state index contributed by atoms with van der Waals surface area (Å²) in [6, 6.07) is 60.2. The van der Waals surface area contributed by atoms with Gasteiger partial charge in [-0.2, -0.15) is 60.7 Å². The van der Waals surface area contributed by atoms with E-state index in [1.165, 1.54) is 22.7 Å². The molecule has 1 radical (unpaired) electrons. The molecule has 0 saturated carbocycles. The van der Waals surface area contributed by atoms with Gasteiger partial charge in [-0.3, -0.25) is 0 Å². The van der Waals surface area contributed by atoms with Crippen LogP contribution in [0.5, 0.6) is 0 Å². The molecular formula is C38H28IrN4-4. The molecule has 8 rings (SSSR count). The number of nitrogens with zero attached hydrogens (tertiary/aromatic N) is 4. The molecule has 4 nitrogen and oxygen atoms in total. The van der Waals surface area contributed by atoms with Gasteiger partial charge in [0.15, 0.2) is 0 Å². The Morgan fingerprint density at radius 1 is 0.349 bits per heavy atom. The monoisotopic (exact) mass is 733 g/mol. The molecule has 0 unspecified atom stereocenters. The topological polar surface area (TPSA) is 13.0 Å². The SMILES string of the molecule is [Ir].[c-]1ccccc1N1[CH-]N(c2ccccc2)c2ccccc21.[c-]1ccccc1N1[CH-]N(c2ccccc2)c2ccccc21. The second-order valence-electron chi connectivity index (χ2n) is 9.86. The van der Waals surface area contributed by atoms with Crippen LogP contribution in [-0.4, -0.2) is 0 Å². The first-order valence-corrected chi connectivity index (χ1v) is 14.0. The second-order valence-corrected chi connectivity index (χ2v) is 9.86. The minimum Gasteiger partial charge on any atom is -0.493 e. The van der Waals surface area contributed by atoms with Crippen LogP contribution in [0.15, 0.2) is 158 Å². The molecule has 5 heteroatoms. The fraction of sp³-hybridized carbons (Fsp3) is 0. The van der Waals surface area contributed by atoms with Crippen molar-refractivity contribution < 1.29 is 20.1 Å². The van der Waals surface area contributed by atoms with E-state index in [1.54, 1.807) is 0 Å². The van der Waals surface area contributed by atoms with Crippen LogP contribution >= 0.6 is 0 Å². The third-order valence-electron chi connectivity index (χ3n) is 7.24. The van der Waals surface area contributed by atoms with Crippen molar-refractivity contribution in [2.45, 2.75) is 0 Å². The molecule has 0 fully saturated rings. The van der Waals surface area contributed by atoms with Crippen molar-refractivity contribution in [1.29, 1.82) is 0 Å². The molecule has 6 aromatic carbocycles. The summed E-state index contributed by atoms with van der Waals surface area (Å²) in [6.07, 6.45) is 0. The van der Waals surface area contributed by atoms with Crippen molar-refractivity contribution in [3.63, 3.8) is 0 Å². The quantitative estimate of drug-likeness (QED) is 0.167. The third-order valence-corrected chi connectivity index (χ3v) is 7.24. The minimum absolute atomic E-state index is 0. The minimum atomic E-state index is 0. The fourth-order valence-electron chi connectivity index (χ4n) is 5.26. The van der Waals surface area contributed by atoms with Gasteiger partial charge < -0.3 is 19.6 Å². The number of fused-ring (bicyclic) bond motifs is 2. The predicted molar refractivity (Wildman–Crippen MR) is 173 cm³/mol. The number of benzene rings is 6. The standard InChI is InChI=1S/2C19H14N2.Ir/c2*1-3-9-16(10-4-1)20-15-21(17-11-5-2-6-12-17)19-14-8-7-13-18(19)20;/h2*1-11,13-15H;/q2*-2;. The van der Waals surface area contributed by atoms with E-state index >= 15 is 0 Å². The summed E-state index contributed by atoms with van der Waals surface area (Å²) < 4.78 is 0. The molecule has 0 N–H and O–H groups in total. The molecule has 0 saturated heterocycles.